The maximum Gasteiger partial charge on any atom is 0.168 e. The third-order valence-corrected chi connectivity index (χ3v) is 3.02. The SMILES string of the molecule is CNCc1cccc(-c2cccc(OC)c2OC)c1. The molecule has 2 aromatic rings. The molecule has 0 amide bonds. The number of ether oxygens (including phenoxy) is 2. The summed E-state index contributed by atoms with van der Waals surface area (Å²) in [5.41, 5.74) is 3.41. The number of benzene rings is 2. The summed E-state index contributed by atoms with van der Waals surface area (Å²) in [6.45, 7) is 0.847. The van der Waals surface area contributed by atoms with E-state index in [2.05, 4.69) is 29.6 Å². The fraction of sp³-hybridized carbons (Fsp3) is 0.250. The molecule has 2 aromatic carbocycles. The van der Waals surface area contributed by atoms with Crippen molar-refractivity contribution in [3.05, 3.63) is 48.0 Å². The summed E-state index contributed by atoms with van der Waals surface area (Å²) in [4.78, 5) is 0. The lowest BCUT2D eigenvalue weighted by Crippen LogP contribution is -2.04. The van der Waals surface area contributed by atoms with E-state index in [-0.39, 0.29) is 0 Å². The molecular weight excluding hydrogens is 238 g/mol. The van der Waals surface area contributed by atoms with Gasteiger partial charge >= 0.3 is 0 Å². The minimum atomic E-state index is 0.749. The molecule has 0 heterocycles. The average molecular weight is 257 g/mol. The monoisotopic (exact) mass is 257 g/mol. The molecule has 19 heavy (non-hydrogen) atoms. The number of hydrogen-bond donors (Lipinski definition) is 1. The Bertz CT molecular complexity index is 552. The minimum absolute atomic E-state index is 0.749. The summed E-state index contributed by atoms with van der Waals surface area (Å²) < 4.78 is 10.8. The van der Waals surface area contributed by atoms with E-state index in [9.17, 15) is 0 Å². The van der Waals surface area contributed by atoms with Gasteiger partial charge in [-0.3, -0.25) is 0 Å². The third-order valence-electron chi connectivity index (χ3n) is 3.02. The molecule has 0 fully saturated rings. The smallest absolute Gasteiger partial charge is 0.168 e. The molecular formula is C16H19NO2. The van der Waals surface area contributed by atoms with Gasteiger partial charge in [-0.25, -0.2) is 0 Å². The van der Waals surface area contributed by atoms with E-state index >= 15 is 0 Å². The summed E-state index contributed by atoms with van der Waals surface area (Å²) in [5.74, 6) is 1.52. The van der Waals surface area contributed by atoms with Crippen LogP contribution in [-0.4, -0.2) is 21.3 Å². The molecule has 0 aliphatic heterocycles. The maximum atomic E-state index is 5.48. The Kier molecular flexibility index (Phi) is 4.42. The van der Waals surface area contributed by atoms with Crippen LogP contribution in [0.2, 0.25) is 0 Å². The van der Waals surface area contributed by atoms with Gasteiger partial charge in [-0.05, 0) is 30.3 Å². The van der Waals surface area contributed by atoms with E-state index < -0.39 is 0 Å². The van der Waals surface area contributed by atoms with Crippen LogP contribution in [0, 0.1) is 0 Å². The second-order valence-corrected chi connectivity index (χ2v) is 4.27. The highest BCUT2D eigenvalue weighted by Gasteiger charge is 2.11. The molecule has 0 aliphatic rings. The molecule has 0 saturated heterocycles. The molecule has 0 spiro atoms. The zero-order valence-corrected chi connectivity index (χ0v) is 11.6. The van der Waals surface area contributed by atoms with Gasteiger partial charge in [-0.15, -0.1) is 0 Å². The van der Waals surface area contributed by atoms with Crippen molar-refractivity contribution in [2.45, 2.75) is 6.54 Å². The normalized spacial score (nSPS) is 10.3. The largest absolute Gasteiger partial charge is 0.493 e. The Morgan fingerprint density at radius 3 is 2.47 bits per heavy atom. The van der Waals surface area contributed by atoms with Crippen molar-refractivity contribution in [2.75, 3.05) is 21.3 Å². The molecule has 0 aromatic heterocycles. The number of hydrogen-bond acceptors (Lipinski definition) is 3. The van der Waals surface area contributed by atoms with E-state index in [0.717, 1.165) is 29.2 Å². The lowest BCUT2D eigenvalue weighted by Gasteiger charge is -2.13. The highest BCUT2D eigenvalue weighted by atomic mass is 16.5. The number of para-hydroxylation sites is 1. The third kappa shape index (κ3) is 2.88. The molecule has 3 heteroatoms. The van der Waals surface area contributed by atoms with Gasteiger partial charge in [-0.2, -0.15) is 0 Å². The van der Waals surface area contributed by atoms with E-state index in [0.29, 0.717) is 0 Å². The Morgan fingerprint density at radius 1 is 1.00 bits per heavy atom. The summed E-state index contributed by atoms with van der Waals surface area (Å²) in [6, 6.07) is 14.3. The number of methoxy groups -OCH3 is 2. The van der Waals surface area contributed by atoms with E-state index in [1.807, 2.05) is 25.2 Å². The fourth-order valence-corrected chi connectivity index (χ4v) is 2.17. The van der Waals surface area contributed by atoms with Crippen molar-refractivity contribution >= 4 is 0 Å². The number of nitrogens with one attached hydrogen (secondary N) is 1. The highest BCUT2D eigenvalue weighted by Crippen LogP contribution is 2.37. The molecule has 0 radical (unpaired) electrons. The first-order valence-corrected chi connectivity index (χ1v) is 6.25. The van der Waals surface area contributed by atoms with Crippen LogP contribution in [0.15, 0.2) is 42.5 Å². The lowest BCUT2D eigenvalue weighted by atomic mass is 10.0. The molecule has 0 bridgehead atoms. The minimum Gasteiger partial charge on any atom is -0.493 e. The van der Waals surface area contributed by atoms with Crippen molar-refractivity contribution in [3.63, 3.8) is 0 Å². The molecule has 1 N–H and O–H groups in total. The predicted octanol–water partition coefficient (Wildman–Crippen LogP) is 3.09. The van der Waals surface area contributed by atoms with Crippen LogP contribution in [0.3, 0.4) is 0 Å². The zero-order chi connectivity index (χ0) is 13.7. The Balaban J connectivity index is 2.49. The van der Waals surface area contributed by atoms with Gasteiger partial charge in [0, 0.05) is 12.1 Å². The molecule has 0 saturated carbocycles. The average Bonchev–Trinajstić information content (AvgIpc) is 2.47. The topological polar surface area (TPSA) is 30.5 Å². The Morgan fingerprint density at radius 2 is 1.79 bits per heavy atom. The first-order chi connectivity index (χ1) is 9.30. The van der Waals surface area contributed by atoms with Crippen LogP contribution in [0.1, 0.15) is 5.56 Å². The molecule has 100 valence electrons. The first kappa shape index (κ1) is 13.4. The summed E-state index contributed by atoms with van der Waals surface area (Å²) in [5, 5.41) is 3.16. The van der Waals surface area contributed by atoms with Gasteiger partial charge in [0.2, 0.25) is 0 Å². The zero-order valence-electron chi connectivity index (χ0n) is 11.6. The van der Waals surface area contributed by atoms with Crippen LogP contribution in [0.4, 0.5) is 0 Å². The van der Waals surface area contributed by atoms with Gasteiger partial charge in [0.25, 0.3) is 0 Å². The second-order valence-electron chi connectivity index (χ2n) is 4.27. The van der Waals surface area contributed by atoms with Crippen LogP contribution in [0.25, 0.3) is 11.1 Å². The number of rotatable bonds is 5. The second kappa shape index (κ2) is 6.25. The molecule has 0 aliphatic carbocycles. The van der Waals surface area contributed by atoms with Gasteiger partial charge in [0.15, 0.2) is 11.5 Å². The van der Waals surface area contributed by atoms with E-state index in [1.54, 1.807) is 14.2 Å². The molecule has 2 rings (SSSR count). The maximum absolute atomic E-state index is 5.48. The lowest BCUT2D eigenvalue weighted by molar-refractivity contribution is 0.356. The van der Waals surface area contributed by atoms with Crippen LogP contribution >= 0.6 is 0 Å². The van der Waals surface area contributed by atoms with E-state index in [4.69, 9.17) is 9.47 Å². The fourth-order valence-electron chi connectivity index (χ4n) is 2.17. The predicted molar refractivity (Wildman–Crippen MR) is 77.7 cm³/mol. The quantitative estimate of drug-likeness (QED) is 0.893. The van der Waals surface area contributed by atoms with E-state index in [1.165, 1.54) is 5.56 Å². The van der Waals surface area contributed by atoms with Crippen LogP contribution in [-0.2, 0) is 6.54 Å². The first-order valence-electron chi connectivity index (χ1n) is 6.25. The summed E-state index contributed by atoms with van der Waals surface area (Å²) in [7, 11) is 5.26. The van der Waals surface area contributed by atoms with Gasteiger partial charge in [-0.1, -0.05) is 30.3 Å². The van der Waals surface area contributed by atoms with Crippen molar-refractivity contribution in [2.24, 2.45) is 0 Å². The van der Waals surface area contributed by atoms with Crippen molar-refractivity contribution in [1.29, 1.82) is 0 Å². The molecule has 0 unspecified atom stereocenters. The Hall–Kier alpha value is -2.00. The van der Waals surface area contributed by atoms with Crippen molar-refractivity contribution < 1.29 is 9.47 Å². The van der Waals surface area contributed by atoms with Gasteiger partial charge in [0.05, 0.1) is 14.2 Å². The van der Waals surface area contributed by atoms with Crippen molar-refractivity contribution in [3.8, 4) is 22.6 Å². The van der Waals surface area contributed by atoms with Gasteiger partial charge in [0.1, 0.15) is 0 Å². The summed E-state index contributed by atoms with van der Waals surface area (Å²) >= 11 is 0. The highest BCUT2D eigenvalue weighted by molar-refractivity contribution is 5.74. The van der Waals surface area contributed by atoms with Crippen LogP contribution < -0.4 is 14.8 Å². The van der Waals surface area contributed by atoms with Crippen LogP contribution in [0.5, 0.6) is 11.5 Å². The molecule has 0 atom stereocenters. The van der Waals surface area contributed by atoms with Gasteiger partial charge < -0.3 is 14.8 Å². The standard InChI is InChI=1S/C16H19NO2/c1-17-11-12-6-4-7-13(10-12)14-8-5-9-15(18-2)16(14)19-3/h4-10,17H,11H2,1-3H3. The summed E-state index contributed by atoms with van der Waals surface area (Å²) in [6.07, 6.45) is 0. The Labute approximate surface area is 114 Å². The molecule has 3 nitrogen and oxygen atoms in total. The van der Waals surface area contributed by atoms with Crippen molar-refractivity contribution in [1.82, 2.24) is 5.32 Å².